The Morgan fingerprint density at radius 1 is 1.54 bits per heavy atom. The van der Waals surface area contributed by atoms with Gasteiger partial charge in [0.15, 0.2) is 5.82 Å². The smallest absolute Gasteiger partial charge is 0.157 e. The van der Waals surface area contributed by atoms with Crippen LogP contribution in [0.1, 0.15) is 17.8 Å². The van der Waals surface area contributed by atoms with E-state index in [0.717, 1.165) is 5.69 Å². The molecule has 0 unspecified atom stereocenters. The first kappa shape index (κ1) is 10.1. The highest BCUT2D eigenvalue weighted by Crippen LogP contribution is 2.03. The Balaban J connectivity index is 2.89. The number of aromatic nitrogens is 1. The monoisotopic (exact) mass is 195 g/mol. The molecule has 1 nitrogen and oxygen atoms in total. The molecular formula is C10H10FNS. The molecule has 13 heavy (non-hydrogen) atoms. The maximum atomic E-state index is 13.0. The van der Waals surface area contributed by atoms with Gasteiger partial charge in [-0.05, 0) is 25.0 Å². The van der Waals surface area contributed by atoms with Crippen molar-refractivity contribution in [3.05, 3.63) is 29.3 Å². The van der Waals surface area contributed by atoms with Crippen LogP contribution in [0.15, 0.2) is 12.1 Å². The number of aryl methyl sites for hydroxylation is 1. The normalized spacial score (nSPS) is 9.15. The molecule has 1 aromatic rings. The Morgan fingerprint density at radius 3 is 3.00 bits per heavy atom. The Morgan fingerprint density at radius 2 is 2.31 bits per heavy atom. The van der Waals surface area contributed by atoms with E-state index in [1.54, 1.807) is 6.07 Å². The second-order valence-corrected chi connectivity index (χ2v) is 3.01. The number of nitrogens with zero attached hydrogens (tertiary/aromatic N) is 1. The molecule has 0 bridgehead atoms. The van der Waals surface area contributed by atoms with Gasteiger partial charge < -0.3 is 0 Å². The summed E-state index contributed by atoms with van der Waals surface area (Å²) in [5.74, 6) is 5.78. The van der Waals surface area contributed by atoms with Crippen LogP contribution in [-0.2, 0) is 0 Å². The van der Waals surface area contributed by atoms with E-state index in [9.17, 15) is 4.39 Å². The van der Waals surface area contributed by atoms with Gasteiger partial charge in [-0.1, -0.05) is 5.92 Å². The Bertz CT molecular complexity index is 352. The van der Waals surface area contributed by atoms with Crippen molar-refractivity contribution in [2.75, 3.05) is 5.75 Å². The van der Waals surface area contributed by atoms with Crippen LogP contribution in [0.3, 0.4) is 0 Å². The van der Waals surface area contributed by atoms with Gasteiger partial charge in [0, 0.05) is 17.9 Å². The summed E-state index contributed by atoms with van der Waals surface area (Å²) in [6.07, 6.45) is 0.651. The summed E-state index contributed by atoms with van der Waals surface area (Å²) in [5.41, 5.74) is 0.998. The van der Waals surface area contributed by atoms with Gasteiger partial charge in [-0.25, -0.2) is 9.37 Å². The highest BCUT2D eigenvalue weighted by molar-refractivity contribution is 7.80. The summed E-state index contributed by atoms with van der Waals surface area (Å²) in [5, 5.41) is 0. The van der Waals surface area contributed by atoms with E-state index in [2.05, 4.69) is 29.5 Å². The van der Waals surface area contributed by atoms with Gasteiger partial charge in [0.05, 0.1) is 0 Å². The van der Waals surface area contributed by atoms with Gasteiger partial charge in [0.1, 0.15) is 5.69 Å². The first-order valence-electron chi connectivity index (χ1n) is 3.97. The van der Waals surface area contributed by atoms with Gasteiger partial charge in [0.25, 0.3) is 0 Å². The average molecular weight is 195 g/mol. The lowest BCUT2D eigenvalue weighted by molar-refractivity contribution is 0.616. The van der Waals surface area contributed by atoms with Gasteiger partial charge in [0.2, 0.25) is 0 Å². The first-order chi connectivity index (χ1) is 6.24. The molecule has 0 atom stereocenters. The van der Waals surface area contributed by atoms with Crippen LogP contribution in [0, 0.1) is 24.6 Å². The zero-order valence-corrected chi connectivity index (χ0v) is 8.24. The third kappa shape index (κ3) is 3.08. The summed E-state index contributed by atoms with van der Waals surface area (Å²) < 4.78 is 13.0. The van der Waals surface area contributed by atoms with Crippen LogP contribution < -0.4 is 0 Å². The van der Waals surface area contributed by atoms with E-state index in [1.165, 1.54) is 6.07 Å². The molecule has 1 heterocycles. The quantitative estimate of drug-likeness (QED) is 0.535. The lowest BCUT2D eigenvalue weighted by Crippen LogP contribution is -1.91. The van der Waals surface area contributed by atoms with Gasteiger partial charge >= 0.3 is 0 Å². The number of rotatable bonds is 1. The molecule has 0 spiro atoms. The Hall–Kier alpha value is -1.01. The largest absolute Gasteiger partial charge is 0.242 e. The summed E-state index contributed by atoms with van der Waals surface area (Å²) in [6.45, 7) is 1.81. The van der Waals surface area contributed by atoms with E-state index in [1.807, 2.05) is 6.92 Å². The van der Waals surface area contributed by atoms with Crippen molar-refractivity contribution in [1.29, 1.82) is 0 Å². The van der Waals surface area contributed by atoms with Crippen LogP contribution in [0.5, 0.6) is 0 Å². The van der Waals surface area contributed by atoms with Crippen LogP contribution in [0.2, 0.25) is 0 Å². The standard InChI is InChI=1S/C10H10FNS/c1-8-5-6-9(11)10(12-8)4-2-3-7-13/h5-6,13H,3,7H2,1H3. The maximum absolute atomic E-state index is 13.0. The van der Waals surface area contributed by atoms with Crippen LogP contribution in [0.25, 0.3) is 0 Å². The lowest BCUT2D eigenvalue weighted by atomic mass is 10.3. The molecule has 0 saturated heterocycles. The van der Waals surface area contributed by atoms with Gasteiger partial charge in [-0.2, -0.15) is 12.6 Å². The minimum Gasteiger partial charge on any atom is -0.242 e. The summed E-state index contributed by atoms with van der Waals surface area (Å²) in [6, 6.07) is 3.01. The molecule has 1 aromatic heterocycles. The SMILES string of the molecule is Cc1ccc(F)c(C#CCCS)n1. The first-order valence-corrected chi connectivity index (χ1v) is 4.60. The topological polar surface area (TPSA) is 12.9 Å². The predicted octanol–water partition coefficient (Wildman–Crippen LogP) is 2.20. The van der Waals surface area contributed by atoms with Crippen molar-refractivity contribution in [2.45, 2.75) is 13.3 Å². The summed E-state index contributed by atoms with van der Waals surface area (Å²) in [4.78, 5) is 3.97. The maximum Gasteiger partial charge on any atom is 0.157 e. The zero-order valence-electron chi connectivity index (χ0n) is 7.34. The second kappa shape index (κ2) is 4.88. The number of halogens is 1. The molecule has 0 aliphatic carbocycles. The van der Waals surface area contributed by atoms with Crippen LogP contribution in [0.4, 0.5) is 4.39 Å². The summed E-state index contributed by atoms with van der Waals surface area (Å²) in [7, 11) is 0. The molecule has 0 aliphatic heterocycles. The van der Waals surface area contributed by atoms with Gasteiger partial charge in [-0.3, -0.25) is 0 Å². The molecule has 0 N–H and O–H groups in total. The molecule has 3 heteroatoms. The van der Waals surface area contributed by atoms with Crippen LogP contribution >= 0.6 is 12.6 Å². The molecule has 0 saturated carbocycles. The number of hydrogen-bond acceptors (Lipinski definition) is 2. The van der Waals surface area contributed by atoms with Crippen molar-refractivity contribution < 1.29 is 4.39 Å². The highest BCUT2D eigenvalue weighted by Gasteiger charge is 1.98. The third-order valence-corrected chi connectivity index (χ3v) is 1.65. The zero-order chi connectivity index (χ0) is 9.68. The predicted molar refractivity (Wildman–Crippen MR) is 54.3 cm³/mol. The van der Waals surface area contributed by atoms with E-state index < -0.39 is 0 Å². The Kier molecular flexibility index (Phi) is 3.78. The Labute approximate surface area is 82.8 Å². The molecule has 1 rings (SSSR count). The van der Waals surface area contributed by atoms with Crippen molar-refractivity contribution in [1.82, 2.24) is 4.98 Å². The van der Waals surface area contributed by atoms with Crippen molar-refractivity contribution >= 4 is 12.6 Å². The number of pyridine rings is 1. The molecule has 0 aromatic carbocycles. The molecule has 0 aliphatic rings. The molecule has 0 amide bonds. The van der Waals surface area contributed by atoms with E-state index in [0.29, 0.717) is 12.2 Å². The van der Waals surface area contributed by atoms with Crippen molar-refractivity contribution in [3.8, 4) is 11.8 Å². The van der Waals surface area contributed by atoms with Crippen molar-refractivity contribution in [3.63, 3.8) is 0 Å². The van der Waals surface area contributed by atoms with E-state index in [4.69, 9.17) is 0 Å². The average Bonchev–Trinajstić information content (AvgIpc) is 2.11. The highest BCUT2D eigenvalue weighted by atomic mass is 32.1. The fourth-order valence-corrected chi connectivity index (χ4v) is 0.941. The van der Waals surface area contributed by atoms with E-state index >= 15 is 0 Å². The van der Waals surface area contributed by atoms with Crippen LogP contribution in [-0.4, -0.2) is 10.7 Å². The molecular weight excluding hydrogens is 185 g/mol. The lowest BCUT2D eigenvalue weighted by Gasteiger charge is -1.94. The van der Waals surface area contributed by atoms with Gasteiger partial charge in [-0.15, -0.1) is 0 Å². The minimum absolute atomic E-state index is 0.224. The molecule has 0 radical (unpaired) electrons. The molecule has 0 fully saturated rings. The second-order valence-electron chi connectivity index (χ2n) is 2.56. The minimum atomic E-state index is -0.364. The fourth-order valence-electron chi connectivity index (χ4n) is 0.830. The van der Waals surface area contributed by atoms with Crippen molar-refractivity contribution in [2.24, 2.45) is 0 Å². The van der Waals surface area contributed by atoms with E-state index in [-0.39, 0.29) is 11.5 Å². The fraction of sp³-hybridized carbons (Fsp3) is 0.300. The number of thiol groups is 1. The number of hydrogen-bond donors (Lipinski definition) is 1. The third-order valence-electron chi connectivity index (χ3n) is 1.43. The summed E-state index contributed by atoms with van der Waals surface area (Å²) >= 11 is 4.00. The molecule has 68 valence electrons.